The highest BCUT2D eigenvalue weighted by molar-refractivity contribution is 7.92. The van der Waals surface area contributed by atoms with Crippen LogP contribution in [-0.4, -0.2) is 60.0 Å². The lowest BCUT2D eigenvalue weighted by atomic mass is 10.0. The Morgan fingerprint density at radius 3 is 2.59 bits per heavy atom. The first-order chi connectivity index (χ1) is 15.3. The summed E-state index contributed by atoms with van der Waals surface area (Å²) in [5, 5.41) is 10.6. The number of ether oxygens (including phenoxy) is 1. The summed E-state index contributed by atoms with van der Waals surface area (Å²) >= 11 is 0. The number of amides is 2. The van der Waals surface area contributed by atoms with Gasteiger partial charge in [-0.3, -0.25) is 14.5 Å². The Kier molecular flexibility index (Phi) is 5.85. The molecule has 168 valence electrons. The third kappa shape index (κ3) is 4.04. The number of aliphatic hydroxyl groups is 1. The van der Waals surface area contributed by atoms with E-state index >= 15 is 0 Å². The van der Waals surface area contributed by atoms with E-state index < -0.39 is 51.4 Å². The zero-order valence-electron chi connectivity index (χ0n) is 16.8. The number of carbonyl (C=O) groups is 3. The first-order valence-electron chi connectivity index (χ1n) is 9.72. The van der Waals surface area contributed by atoms with Gasteiger partial charge in [0.15, 0.2) is 15.2 Å². The van der Waals surface area contributed by atoms with Crippen molar-refractivity contribution in [3.8, 4) is 0 Å². The molecule has 2 aliphatic rings. The van der Waals surface area contributed by atoms with E-state index in [0.29, 0.717) is 11.3 Å². The number of sulfone groups is 1. The quantitative estimate of drug-likeness (QED) is 0.431. The molecule has 3 heterocycles. The molecule has 32 heavy (non-hydrogen) atoms. The highest BCUT2D eigenvalue weighted by Gasteiger charge is 2.60. The molecule has 0 unspecified atom stereocenters. The summed E-state index contributed by atoms with van der Waals surface area (Å²) in [5.41, 5.74) is 0.266. The summed E-state index contributed by atoms with van der Waals surface area (Å²) in [4.78, 5) is 38.6. The van der Waals surface area contributed by atoms with Gasteiger partial charge in [0.2, 0.25) is 5.91 Å². The lowest BCUT2D eigenvalue weighted by molar-refractivity contribution is -0.153. The third-order valence-electron chi connectivity index (χ3n) is 5.19. The largest absolute Gasteiger partial charge is 0.469 e. The second-order valence-corrected chi connectivity index (χ2v) is 9.48. The molecule has 0 spiro atoms. The molecule has 0 bridgehead atoms. The minimum Gasteiger partial charge on any atom is -0.469 e. The molecular formula is C21H20N2O8S. The van der Waals surface area contributed by atoms with Gasteiger partial charge in [-0.05, 0) is 17.7 Å². The number of nitrogens with zero attached hydrogens (tertiary/aromatic N) is 1. The average molecular weight is 460 g/mol. The maximum absolute atomic E-state index is 12.8. The van der Waals surface area contributed by atoms with Crippen molar-refractivity contribution in [2.24, 2.45) is 0 Å². The van der Waals surface area contributed by atoms with Crippen LogP contribution in [0.15, 0.2) is 64.4 Å². The highest BCUT2D eigenvalue weighted by atomic mass is 32.2. The van der Waals surface area contributed by atoms with Crippen LogP contribution >= 0.6 is 0 Å². The van der Waals surface area contributed by atoms with Crippen LogP contribution in [-0.2, 0) is 42.0 Å². The van der Waals surface area contributed by atoms with E-state index in [4.69, 9.17) is 9.15 Å². The number of β-lactam (4-membered cyclic amide) rings is 1. The number of benzene rings is 1. The Morgan fingerprint density at radius 2 is 1.94 bits per heavy atom. The Balaban J connectivity index is 1.53. The monoisotopic (exact) mass is 460 g/mol. The van der Waals surface area contributed by atoms with Gasteiger partial charge in [-0.15, -0.1) is 0 Å². The van der Waals surface area contributed by atoms with Gasteiger partial charge in [-0.1, -0.05) is 30.3 Å². The van der Waals surface area contributed by atoms with Crippen molar-refractivity contribution in [1.82, 2.24) is 10.2 Å². The van der Waals surface area contributed by atoms with Crippen LogP contribution in [0.1, 0.15) is 11.3 Å². The number of carbonyl (C=O) groups excluding carboxylic acids is 3. The van der Waals surface area contributed by atoms with Crippen molar-refractivity contribution in [3.63, 3.8) is 0 Å². The summed E-state index contributed by atoms with van der Waals surface area (Å²) in [7, 11) is -3.97. The molecule has 10 nitrogen and oxygen atoms in total. The number of aliphatic hydroxyl groups excluding tert-OH is 1. The van der Waals surface area contributed by atoms with Gasteiger partial charge in [-0.2, -0.15) is 0 Å². The average Bonchev–Trinajstić information content (AvgIpc) is 3.28. The molecule has 2 amide bonds. The van der Waals surface area contributed by atoms with E-state index in [2.05, 4.69) is 5.32 Å². The topological polar surface area (TPSA) is 143 Å². The molecule has 2 atom stereocenters. The first-order valence-corrected chi connectivity index (χ1v) is 11.4. The fourth-order valence-corrected chi connectivity index (χ4v) is 5.73. The predicted octanol–water partition coefficient (Wildman–Crippen LogP) is -0.107. The van der Waals surface area contributed by atoms with E-state index in [1.165, 1.54) is 6.26 Å². The van der Waals surface area contributed by atoms with Gasteiger partial charge in [0.1, 0.15) is 24.1 Å². The Hall–Kier alpha value is -3.44. The molecule has 2 aliphatic heterocycles. The van der Waals surface area contributed by atoms with E-state index in [1.807, 2.05) is 0 Å². The van der Waals surface area contributed by atoms with E-state index in [0.717, 1.165) is 4.90 Å². The maximum atomic E-state index is 12.8. The lowest BCUT2D eigenvalue weighted by Gasteiger charge is -2.49. The molecule has 0 radical (unpaired) electrons. The molecule has 2 aromatic rings. The van der Waals surface area contributed by atoms with Gasteiger partial charge in [0.25, 0.3) is 5.91 Å². The van der Waals surface area contributed by atoms with Gasteiger partial charge in [0, 0.05) is 5.57 Å². The summed E-state index contributed by atoms with van der Waals surface area (Å²) < 4.78 is 35.8. The van der Waals surface area contributed by atoms with Crippen molar-refractivity contribution in [3.05, 3.63) is 71.3 Å². The van der Waals surface area contributed by atoms with Gasteiger partial charge in [-0.25, -0.2) is 13.2 Å². The zero-order valence-corrected chi connectivity index (χ0v) is 17.6. The molecule has 1 aromatic carbocycles. The standard InChI is InChI=1S/C21H20N2O8S/c24-10-14-12-32(28,29)20-17(22-16(25)9-15-7-4-8-30-15)19(26)23(20)18(14)21(27)31-11-13-5-2-1-3-6-13/h1-8,17,20,24H,9-12H2,(H,22,25)/t17-,20-/m0/s1. The van der Waals surface area contributed by atoms with Crippen LogP contribution in [0.2, 0.25) is 0 Å². The van der Waals surface area contributed by atoms with Gasteiger partial charge < -0.3 is 19.6 Å². The van der Waals surface area contributed by atoms with E-state index in [-0.39, 0.29) is 24.3 Å². The second-order valence-electron chi connectivity index (χ2n) is 7.38. The number of furan rings is 1. The van der Waals surface area contributed by atoms with Crippen molar-refractivity contribution < 1.29 is 37.1 Å². The van der Waals surface area contributed by atoms with Crippen LogP contribution < -0.4 is 5.32 Å². The Labute approximate surface area is 183 Å². The maximum Gasteiger partial charge on any atom is 0.355 e. The Morgan fingerprint density at radius 1 is 1.19 bits per heavy atom. The lowest BCUT2D eigenvalue weighted by Crippen LogP contribution is -2.75. The SMILES string of the molecule is O=C(Cc1ccco1)N[C@H]1C(=O)N2C(C(=O)OCc3ccccc3)=C(CO)CS(=O)(=O)[C@@H]12. The second kappa shape index (κ2) is 8.60. The Bertz CT molecular complexity index is 1170. The number of hydrogen-bond donors (Lipinski definition) is 2. The van der Waals surface area contributed by atoms with Gasteiger partial charge >= 0.3 is 5.97 Å². The van der Waals surface area contributed by atoms with E-state index in [1.54, 1.807) is 42.5 Å². The smallest absolute Gasteiger partial charge is 0.355 e. The summed E-state index contributed by atoms with van der Waals surface area (Å²) in [5.74, 6) is -2.57. The summed E-state index contributed by atoms with van der Waals surface area (Å²) in [6, 6.07) is 10.6. The number of fused-ring (bicyclic) bond motifs is 1. The van der Waals surface area contributed by atoms with Gasteiger partial charge in [0.05, 0.1) is 25.0 Å². The zero-order chi connectivity index (χ0) is 22.9. The van der Waals surface area contributed by atoms with E-state index in [9.17, 15) is 27.9 Å². The van der Waals surface area contributed by atoms with Crippen LogP contribution in [0.25, 0.3) is 0 Å². The summed E-state index contributed by atoms with van der Waals surface area (Å²) in [6.07, 6.45) is 1.21. The number of hydrogen-bond acceptors (Lipinski definition) is 8. The number of esters is 1. The van der Waals surface area contributed by atoms with Crippen molar-refractivity contribution >= 4 is 27.6 Å². The van der Waals surface area contributed by atoms with Crippen LogP contribution in [0.3, 0.4) is 0 Å². The molecule has 1 fully saturated rings. The van der Waals surface area contributed by atoms with Crippen LogP contribution in [0.4, 0.5) is 0 Å². The molecule has 1 saturated heterocycles. The van der Waals surface area contributed by atoms with Crippen molar-refractivity contribution in [1.29, 1.82) is 0 Å². The molecule has 4 rings (SSSR count). The molecular weight excluding hydrogens is 440 g/mol. The summed E-state index contributed by atoms with van der Waals surface area (Å²) in [6.45, 7) is -0.828. The van der Waals surface area contributed by atoms with Crippen LogP contribution in [0, 0.1) is 0 Å². The van der Waals surface area contributed by atoms with Crippen molar-refractivity contribution in [2.45, 2.75) is 24.4 Å². The predicted molar refractivity (Wildman–Crippen MR) is 109 cm³/mol. The highest BCUT2D eigenvalue weighted by Crippen LogP contribution is 2.37. The minimum absolute atomic E-state index is 0.0926. The molecule has 2 N–H and O–H groups in total. The third-order valence-corrected chi connectivity index (χ3v) is 7.16. The molecule has 0 saturated carbocycles. The molecule has 11 heteroatoms. The fraction of sp³-hybridized carbons (Fsp3) is 0.286. The van der Waals surface area contributed by atoms with Crippen LogP contribution in [0.5, 0.6) is 0 Å². The fourth-order valence-electron chi connectivity index (χ4n) is 3.72. The normalized spacial score (nSPS) is 21.5. The number of nitrogens with one attached hydrogen (secondary N) is 1. The molecule has 0 aliphatic carbocycles. The molecule has 1 aromatic heterocycles. The minimum atomic E-state index is -3.97. The van der Waals surface area contributed by atoms with Crippen molar-refractivity contribution in [2.75, 3.05) is 12.4 Å². The first kappa shape index (κ1) is 21.8. The number of rotatable bonds is 7.